The van der Waals surface area contributed by atoms with Gasteiger partial charge < -0.3 is 5.11 Å². The van der Waals surface area contributed by atoms with Gasteiger partial charge in [-0.05, 0) is 36.5 Å². The van der Waals surface area contributed by atoms with Crippen LogP contribution in [0.4, 0.5) is 0 Å². The molecule has 1 aromatic heterocycles. The lowest BCUT2D eigenvalue weighted by Crippen LogP contribution is -2.35. The third-order valence-electron chi connectivity index (χ3n) is 4.09. The smallest absolute Gasteiger partial charge is 0.0928 e. The number of nitrogens with zero attached hydrogens (tertiary/aromatic N) is 1. The second-order valence-electron chi connectivity index (χ2n) is 6.33. The predicted octanol–water partition coefficient (Wildman–Crippen LogP) is 3.51. The molecule has 1 aromatic rings. The molecule has 96 valence electrons. The Kier molecular flexibility index (Phi) is 3.88. The van der Waals surface area contributed by atoms with Gasteiger partial charge in [-0.15, -0.1) is 11.3 Å². The monoisotopic (exact) mass is 253 g/mol. The van der Waals surface area contributed by atoms with Crippen molar-refractivity contribution in [2.75, 3.05) is 0 Å². The Bertz CT molecular complexity index is 342. The average molecular weight is 253 g/mol. The number of rotatable bonds is 2. The summed E-state index contributed by atoms with van der Waals surface area (Å²) >= 11 is 1.71. The highest BCUT2D eigenvalue weighted by atomic mass is 32.1. The topological polar surface area (TPSA) is 33.1 Å². The molecule has 2 rings (SSSR count). The summed E-state index contributed by atoms with van der Waals surface area (Å²) in [6, 6.07) is 0. The van der Waals surface area contributed by atoms with Gasteiger partial charge in [0.25, 0.3) is 0 Å². The van der Waals surface area contributed by atoms with E-state index in [1.54, 1.807) is 11.3 Å². The average Bonchev–Trinajstić information content (AvgIpc) is 2.72. The molecule has 1 N–H and O–H groups in total. The van der Waals surface area contributed by atoms with Crippen molar-refractivity contribution >= 4 is 11.3 Å². The van der Waals surface area contributed by atoms with Gasteiger partial charge in [0, 0.05) is 18.0 Å². The van der Waals surface area contributed by atoms with E-state index >= 15 is 0 Å². The van der Waals surface area contributed by atoms with Crippen molar-refractivity contribution in [3.05, 3.63) is 16.6 Å². The van der Waals surface area contributed by atoms with Crippen LogP contribution in [-0.2, 0) is 6.42 Å². The van der Waals surface area contributed by atoms with E-state index in [0.717, 1.165) is 25.2 Å². The van der Waals surface area contributed by atoms with Gasteiger partial charge in [0.2, 0.25) is 0 Å². The van der Waals surface area contributed by atoms with E-state index in [1.165, 1.54) is 11.4 Å². The van der Waals surface area contributed by atoms with Crippen molar-refractivity contribution in [1.82, 2.24) is 4.98 Å². The third-order valence-corrected chi connectivity index (χ3v) is 4.89. The molecule has 0 radical (unpaired) electrons. The maximum Gasteiger partial charge on any atom is 0.0928 e. The Balaban J connectivity index is 2.00. The Hall–Kier alpha value is -0.410. The summed E-state index contributed by atoms with van der Waals surface area (Å²) in [6.07, 6.45) is 5.95. The molecule has 0 aromatic carbocycles. The highest BCUT2D eigenvalue weighted by molar-refractivity contribution is 7.09. The Labute approximate surface area is 108 Å². The quantitative estimate of drug-likeness (QED) is 0.875. The maximum atomic E-state index is 10.1. The highest BCUT2D eigenvalue weighted by Crippen LogP contribution is 2.41. The minimum absolute atomic E-state index is 0.127. The summed E-state index contributed by atoms with van der Waals surface area (Å²) < 4.78 is 0. The van der Waals surface area contributed by atoms with Crippen LogP contribution in [0.2, 0.25) is 0 Å². The molecule has 1 aliphatic carbocycles. The van der Waals surface area contributed by atoms with E-state index < -0.39 is 0 Å². The summed E-state index contributed by atoms with van der Waals surface area (Å²) in [7, 11) is 0. The van der Waals surface area contributed by atoms with Crippen LogP contribution in [0.1, 0.15) is 45.0 Å². The lowest BCUT2D eigenvalue weighted by atomic mass is 9.67. The van der Waals surface area contributed by atoms with Crippen molar-refractivity contribution in [1.29, 1.82) is 0 Å². The molecule has 2 nitrogen and oxygen atoms in total. The molecule has 1 fully saturated rings. The number of aliphatic hydroxyl groups excluding tert-OH is 1. The van der Waals surface area contributed by atoms with E-state index in [0.29, 0.717) is 11.3 Å². The van der Waals surface area contributed by atoms with Crippen molar-refractivity contribution in [2.45, 2.75) is 52.6 Å². The second kappa shape index (κ2) is 5.07. The highest BCUT2D eigenvalue weighted by Gasteiger charge is 2.35. The summed E-state index contributed by atoms with van der Waals surface area (Å²) in [5.41, 5.74) is 0.362. The van der Waals surface area contributed by atoms with Crippen molar-refractivity contribution in [2.24, 2.45) is 17.3 Å². The molecular formula is C14H23NOS. The zero-order chi connectivity index (χ0) is 12.5. The molecule has 3 atom stereocenters. The van der Waals surface area contributed by atoms with Crippen molar-refractivity contribution in [3.63, 3.8) is 0 Å². The van der Waals surface area contributed by atoms with Crippen LogP contribution in [-0.4, -0.2) is 16.2 Å². The first kappa shape index (κ1) is 13.0. The molecular weight excluding hydrogens is 230 g/mol. The standard InChI is InChI=1S/C14H23NOS/c1-14(2,3)11-4-5-12(16)10(8-11)9-13-15-6-7-17-13/h6-7,10-12,16H,4-5,8-9H2,1-3H3. The van der Waals surface area contributed by atoms with Gasteiger partial charge in [-0.1, -0.05) is 20.8 Å². The summed E-state index contributed by atoms with van der Waals surface area (Å²) in [5, 5.41) is 13.3. The SMILES string of the molecule is CC(C)(C)C1CCC(O)C(Cc2nccs2)C1. The number of hydrogen-bond acceptors (Lipinski definition) is 3. The van der Waals surface area contributed by atoms with Gasteiger partial charge in [-0.2, -0.15) is 0 Å². The van der Waals surface area contributed by atoms with Crippen LogP contribution in [0.3, 0.4) is 0 Å². The molecule has 0 bridgehead atoms. The second-order valence-corrected chi connectivity index (χ2v) is 7.31. The molecule has 0 amide bonds. The Morgan fingerprint density at radius 2 is 2.18 bits per heavy atom. The minimum atomic E-state index is -0.127. The van der Waals surface area contributed by atoms with E-state index in [-0.39, 0.29) is 6.10 Å². The molecule has 0 spiro atoms. The summed E-state index contributed by atoms with van der Waals surface area (Å²) in [6.45, 7) is 6.95. The van der Waals surface area contributed by atoms with Crippen LogP contribution < -0.4 is 0 Å². The van der Waals surface area contributed by atoms with E-state index in [1.807, 2.05) is 11.6 Å². The Morgan fingerprint density at radius 1 is 1.41 bits per heavy atom. The molecule has 1 heterocycles. The largest absolute Gasteiger partial charge is 0.393 e. The fourth-order valence-electron chi connectivity index (χ4n) is 2.83. The van der Waals surface area contributed by atoms with Gasteiger partial charge in [-0.25, -0.2) is 4.98 Å². The molecule has 0 aliphatic heterocycles. The first-order valence-electron chi connectivity index (χ1n) is 6.53. The first-order chi connectivity index (χ1) is 7.97. The van der Waals surface area contributed by atoms with E-state index in [2.05, 4.69) is 25.8 Å². The molecule has 1 saturated carbocycles. The van der Waals surface area contributed by atoms with E-state index in [4.69, 9.17) is 0 Å². The Morgan fingerprint density at radius 3 is 2.76 bits per heavy atom. The van der Waals surface area contributed by atoms with Gasteiger partial charge in [-0.3, -0.25) is 0 Å². The zero-order valence-corrected chi connectivity index (χ0v) is 11.8. The number of aromatic nitrogens is 1. The molecule has 17 heavy (non-hydrogen) atoms. The molecule has 3 heteroatoms. The normalized spacial score (nSPS) is 30.5. The van der Waals surface area contributed by atoms with Crippen LogP contribution in [0.5, 0.6) is 0 Å². The number of thiazole rings is 1. The maximum absolute atomic E-state index is 10.1. The van der Waals surface area contributed by atoms with Gasteiger partial charge in [0.05, 0.1) is 11.1 Å². The fraction of sp³-hybridized carbons (Fsp3) is 0.786. The van der Waals surface area contributed by atoms with Crippen molar-refractivity contribution in [3.8, 4) is 0 Å². The van der Waals surface area contributed by atoms with Gasteiger partial charge in [0.1, 0.15) is 0 Å². The van der Waals surface area contributed by atoms with E-state index in [9.17, 15) is 5.11 Å². The van der Waals surface area contributed by atoms with Crippen LogP contribution in [0, 0.1) is 17.3 Å². The number of aliphatic hydroxyl groups is 1. The lowest BCUT2D eigenvalue weighted by molar-refractivity contribution is 0.0196. The summed E-state index contributed by atoms with van der Waals surface area (Å²) in [5.74, 6) is 1.13. The molecule has 3 unspecified atom stereocenters. The van der Waals surface area contributed by atoms with Gasteiger partial charge in [0.15, 0.2) is 0 Å². The summed E-state index contributed by atoms with van der Waals surface area (Å²) in [4.78, 5) is 4.34. The van der Waals surface area contributed by atoms with Crippen LogP contribution >= 0.6 is 11.3 Å². The first-order valence-corrected chi connectivity index (χ1v) is 7.41. The lowest BCUT2D eigenvalue weighted by Gasteiger charge is -2.40. The predicted molar refractivity (Wildman–Crippen MR) is 72.1 cm³/mol. The van der Waals surface area contributed by atoms with Crippen LogP contribution in [0.25, 0.3) is 0 Å². The zero-order valence-electron chi connectivity index (χ0n) is 11.0. The molecule has 1 aliphatic rings. The molecule has 0 saturated heterocycles. The minimum Gasteiger partial charge on any atom is -0.393 e. The van der Waals surface area contributed by atoms with Gasteiger partial charge >= 0.3 is 0 Å². The third kappa shape index (κ3) is 3.29. The fourth-order valence-corrected chi connectivity index (χ4v) is 3.54. The van der Waals surface area contributed by atoms with Crippen molar-refractivity contribution < 1.29 is 5.11 Å². The number of hydrogen-bond donors (Lipinski definition) is 1. The van der Waals surface area contributed by atoms with Crippen LogP contribution in [0.15, 0.2) is 11.6 Å².